The summed E-state index contributed by atoms with van der Waals surface area (Å²) in [7, 11) is 0. The first-order valence-corrected chi connectivity index (χ1v) is 5.08. The normalized spacial score (nSPS) is 10.0. The lowest BCUT2D eigenvalue weighted by Crippen LogP contribution is -2.20. The fourth-order valence-electron chi connectivity index (χ4n) is 1.30. The van der Waals surface area contributed by atoms with Crippen LogP contribution in [0.25, 0.3) is 0 Å². The third-order valence-corrected chi connectivity index (χ3v) is 1.98. The van der Waals surface area contributed by atoms with E-state index in [4.69, 9.17) is 4.74 Å². The molecular formula is C11H15NO3. The molecule has 1 N–H and O–H groups in total. The molecule has 1 aromatic heterocycles. The molecule has 4 heteroatoms. The molecule has 0 aromatic carbocycles. The lowest BCUT2D eigenvalue weighted by molar-refractivity contribution is 0.0524. The Hall–Kier alpha value is -1.58. The smallest absolute Gasteiger partial charge is 0.343 e. The van der Waals surface area contributed by atoms with Crippen molar-refractivity contribution >= 4 is 5.97 Å². The van der Waals surface area contributed by atoms with Crippen molar-refractivity contribution in [3.05, 3.63) is 33.7 Å². The summed E-state index contributed by atoms with van der Waals surface area (Å²) in [4.78, 5) is 25.4. The Kier molecular flexibility index (Phi) is 4.09. The Bertz CT molecular complexity index is 395. The van der Waals surface area contributed by atoms with Gasteiger partial charge < -0.3 is 9.72 Å². The van der Waals surface area contributed by atoms with Crippen molar-refractivity contribution < 1.29 is 9.53 Å². The van der Waals surface area contributed by atoms with Crippen molar-refractivity contribution in [2.24, 2.45) is 0 Å². The van der Waals surface area contributed by atoms with Crippen LogP contribution in [-0.4, -0.2) is 17.6 Å². The molecule has 82 valence electrons. The minimum Gasteiger partial charge on any atom is -0.462 e. The largest absolute Gasteiger partial charge is 0.462 e. The highest BCUT2D eigenvalue weighted by molar-refractivity contribution is 5.88. The van der Waals surface area contributed by atoms with Gasteiger partial charge in [0.15, 0.2) is 0 Å². The summed E-state index contributed by atoms with van der Waals surface area (Å²) in [6.07, 6.45) is 1.76. The van der Waals surface area contributed by atoms with Gasteiger partial charge in [0, 0.05) is 5.69 Å². The first-order chi connectivity index (χ1) is 7.19. The summed E-state index contributed by atoms with van der Waals surface area (Å²) in [5.41, 5.74) is 0.534. The third-order valence-electron chi connectivity index (χ3n) is 1.98. The molecule has 1 aromatic rings. The number of aromatic amines is 1. The van der Waals surface area contributed by atoms with E-state index in [0.29, 0.717) is 0 Å². The molecule has 1 rings (SSSR count). The van der Waals surface area contributed by atoms with E-state index >= 15 is 0 Å². The van der Waals surface area contributed by atoms with Crippen molar-refractivity contribution in [3.63, 3.8) is 0 Å². The van der Waals surface area contributed by atoms with Crippen LogP contribution in [0, 0.1) is 0 Å². The van der Waals surface area contributed by atoms with Gasteiger partial charge in [0.1, 0.15) is 5.56 Å². The van der Waals surface area contributed by atoms with Gasteiger partial charge >= 0.3 is 5.97 Å². The minimum absolute atomic E-state index is 0.0664. The quantitative estimate of drug-likeness (QED) is 0.764. The van der Waals surface area contributed by atoms with E-state index < -0.39 is 5.97 Å². The molecule has 0 aliphatic heterocycles. The summed E-state index contributed by atoms with van der Waals surface area (Å²) in [6.45, 7) is 4.00. The van der Waals surface area contributed by atoms with Crippen LogP contribution in [0.5, 0.6) is 0 Å². The van der Waals surface area contributed by atoms with Gasteiger partial charge in [-0.25, -0.2) is 4.79 Å². The van der Waals surface area contributed by atoms with Gasteiger partial charge in [0.25, 0.3) is 5.56 Å². The molecule has 0 aliphatic rings. The van der Waals surface area contributed by atoms with E-state index in [1.54, 1.807) is 13.0 Å². The average molecular weight is 209 g/mol. The number of rotatable bonds is 4. The van der Waals surface area contributed by atoms with Gasteiger partial charge in [0.2, 0.25) is 0 Å². The lowest BCUT2D eigenvalue weighted by atomic mass is 10.2. The van der Waals surface area contributed by atoms with Gasteiger partial charge in [0.05, 0.1) is 6.61 Å². The average Bonchev–Trinajstić information content (AvgIpc) is 2.18. The van der Waals surface area contributed by atoms with E-state index in [1.807, 2.05) is 6.92 Å². The van der Waals surface area contributed by atoms with E-state index in [-0.39, 0.29) is 17.7 Å². The van der Waals surface area contributed by atoms with Crippen LogP contribution in [0.4, 0.5) is 0 Å². The van der Waals surface area contributed by atoms with Crippen LogP contribution in [0.15, 0.2) is 16.9 Å². The molecular weight excluding hydrogens is 194 g/mol. The Morgan fingerprint density at radius 2 is 2.13 bits per heavy atom. The van der Waals surface area contributed by atoms with Crippen molar-refractivity contribution in [1.29, 1.82) is 0 Å². The van der Waals surface area contributed by atoms with E-state index in [2.05, 4.69) is 4.98 Å². The number of carbonyl (C=O) groups is 1. The van der Waals surface area contributed by atoms with E-state index in [0.717, 1.165) is 18.5 Å². The highest BCUT2D eigenvalue weighted by atomic mass is 16.5. The summed E-state index contributed by atoms with van der Waals surface area (Å²) < 4.78 is 4.75. The zero-order valence-corrected chi connectivity index (χ0v) is 9.00. The molecule has 0 aliphatic carbocycles. The first-order valence-electron chi connectivity index (χ1n) is 5.08. The minimum atomic E-state index is -0.568. The lowest BCUT2D eigenvalue weighted by Gasteiger charge is -2.02. The van der Waals surface area contributed by atoms with Crippen LogP contribution >= 0.6 is 0 Å². The van der Waals surface area contributed by atoms with Crippen molar-refractivity contribution in [1.82, 2.24) is 4.98 Å². The molecule has 0 spiro atoms. The molecule has 0 unspecified atom stereocenters. The summed E-state index contributed by atoms with van der Waals surface area (Å²) in [5.74, 6) is -0.568. The fraction of sp³-hybridized carbons (Fsp3) is 0.455. The summed E-state index contributed by atoms with van der Waals surface area (Å²) >= 11 is 0. The standard InChI is InChI=1S/C11H15NO3/c1-3-5-8-6-7-9(10(13)12-8)11(14)15-4-2/h6-7H,3-5H2,1-2H3,(H,12,13). The molecule has 0 atom stereocenters. The van der Waals surface area contributed by atoms with E-state index in [1.165, 1.54) is 6.07 Å². The Morgan fingerprint density at radius 3 is 2.67 bits per heavy atom. The molecule has 1 heterocycles. The molecule has 15 heavy (non-hydrogen) atoms. The Labute approximate surface area is 88.3 Å². The van der Waals surface area contributed by atoms with Crippen LogP contribution in [0.2, 0.25) is 0 Å². The molecule has 0 saturated carbocycles. The highest BCUT2D eigenvalue weighted by Crippen LogP contribution is 2.00. The van der Waals surface area contributed by atoms with Crippen molar-refractivity contribution in [2.75, 3.05) is 6.61 Å². The third kappa shape index (κ3) is 2.94. The number of aromatic nitrogens is 1. The number of aryl methyl sites for hydroxylation is 1. The maximum Gasteiger partial charge on any atom is 0.343 e. The summed E-state index contributed by atoms with van der Waals surface area (Å²) in [5, 5.41) is 0. The van der Waals surface area contributed by atoms with Gasteiger partial charge in [-0.1, -0.05) is 13.3 Å². The van der Waals surface area contributed by atoms with Gasteiger partial charge in [-0.05, 0) is 25.5 Å². The number of H-pyrrole nitrogens is 1. The predicted molar refractivity (Wildman–Crippen MR) is 57.0 cm³/mol. The van der Waals surface area contributed by atoms with Crippen LogP contribution < -0.4 is 5.56 Å². The number of hydrogen-bond donors (Lipinski definition) is 1. The predicted octanol–water partition coefficient (Wildman–Crippen LogP) is 1.50. The SMILES string of the molecule is CCCc1ccc(C(=O)OCC)c(=O)[nH]1. The highest BCUT2D eigenvalue weighted by Gasteiger charge is 2.10. The number of ether oxygens (including phenoxy) is 1. The van der Waals surface area contributed by atoms with Gasteiger partial charge in [-0.3, -0.25) is 4.79 Å². The Morgan fingerprint density at radius 1 is 1.40 bits per heavy atom. The summed E-state index contributed by atoms with van der Waals surface area (Å²) in [6, 6.07) is 3.26. The maximum absolute atomic E-state index is 11.5. The van der Waals surface area contributed by atoms with Crippen LogP contribution in [0.3, 0.4) is 0 Å². The zero-order chi connectivity index (χ0) is 11.3. The number of pyridine rings is 1. The van der Waals surface area contributed by atoms with Crippen LogP contribution in [0.1, 0.15) is 36.3 Å². The maximum atomic E-state index is 11.5. The molecule has 0 amide bonds. The fourth-order valence-corrected chi connectivity index (χ4v) is 1.30. The number of nitrogens with one attached hydrogen (secondary N) is 1. The second-order valence-electron chi connectivity index (χ2n) is 3.20. The van der Waals surface area contributed by atoms with E-state index in [9.17, 15) is 9.59 Å². The van der Waals surface area contributed by atoms with Crippen molar-refractivity contribution in [2.45, 2.75) is 26.7 Å². The second kappa shape index (κ2) is 5.34. The van der Waals surface area contributed by atoms with Gasteiger partial charge in [-0.15, -0.1) is 0 Å². The van der Waals surface area contributed by atoms with Crippen molar-refractivity contribution in [3.8, 4) is 0 Å². The number of hydrogen-bond acceptors (Lipinski definition) is 3. The number of esters is 1. The Balaban J connectivity index is 2.93. The van der Waals surface area contributed by atoms with Gasteiger partial charge in [-0.2, -0.15) is 0 Å². The molecule has 0 radical (unpaired) electrons. The monoisotopic (exact) mass is 209 g/mol. The topological polar surface area (TPSA) is 59.2 Å². The molecule has 0 saturated heterocycles. The van der Waals surface area contributed by atoms with Crippen LogP contribution in [-0.2, 0) is 11.2 Å². The second-order valence-corrected chi connectivity index (χ2v) is 3.20. The first kappa shape index (κ1) is 11.5. The zero-order valence-electron chi connectivity index (χ0n) is 9.00. The molecule has 4 nitrogen and oxygen atoms in total. The molecule has 0 fully saturated rings. The number of carbonyl (C=O) groups excluding carboxylic acids is 1. The molecule has 0 bridgehead atoms.